The Balaban J connectivity index is 1.37. The van der Waals surface area contributed by atoms with Crippen LogP contribution in [-0.4, -0.2) is 53.1 Å². The van der Waals surface area contributed by atoms with Gasteiger partial charge in [-0.1, -0.05) is 6.07 Å². The van der Waals surface area contributed by atoms with Gasteiger partial charge in [0.05, 0.1) is 23.2 Å². The minimum Gasteiger partial charge on any atom is -0.417 e. The van der Waals surface area contributed by atoms with Crippen LogP contribution in [0.1, 0.15) is 70.6 Å². The molecule has 0 radical (unpaired) electrons. The molecule has 1 atom stereocenters. The first-order chi connectivity index (χ1) is 16.3. The Morgan fingerprint density at radius 3 is 2.82 bits per heavy atom. The number of fused-ring (bicyclic) bond motifs is 2. The molecule has 1 aliphatic heterocycles. The van der Waals surface area contributed by atoms with Gasteiger partial charge in [-0.2, -0.15) is 5.10 Å². The van der Waals surface area contributed by atoms with Gasteiger partial charge in [0, 0.05) is 37.4 Å². The summed E-state index contributed by atoms with van der Waals surface area (Å²) in [5.74, 6) is -4.30. The van der Waals surface area contributed by atoms with Crippen LogP contribution in [-0.2, 0) is 6.42 Å². The van der Waals surface area contributed by atoms with E-state index in [2.05, 4.69) is 25.3 Å². The Bertz CT molecular complexity index is 1390. The number of pyridine rings is 1. The van der Waals surface area contributed by atoms with Crippen LogP contribution in [0.4, 0.5) is 17.6 Å². The number of alkyl halides is 4. The molecule has 4 aromatic rings. The summed E-state index contributed by atoms with van der Waals surface area (Å²) in [7, 11) is 0. The number of aromatic nitrogens is 6. The van der Waals surface area contributed by atoms with Crippen molar-refractivity contribution in [2.24, 2.45) is 0 Å². The Morgan fingerprint density at radius 2 is 2.06 bits per heavy atom. The normalized spacial score (nSPS) is 20.0. The van der Waals surface area contributed by atoms with Gasteiger partial charge < -0.3 is 14.3 Å². The number of H-pyrrole nitrogens is 1. The maximum atomic E-state index is 13.5. The summed E-state index contributed by atoms with van der Waals surface area (Å²) in [5.41, 5.74) is 1.82. The second-order valence-electron chi connectivity index (χ2n) is 8.48. The highest BCUT2D eigenvalue weighted by molar-refractivity contribution is 5.90. The largest absolute Gasteiger partial charge is 0.417 e. The Hall–Kier alpha value is -3.77. The van der Waals surface area contributed by atoms with Crippen molar-refractivity contribution in [3.05, 3.63) is 65.1 Å². The number of imidazole rings is 1. The van der Waals surface area contributed by atoms with E-state index in [9.17, 15) is 22.4 Å². The molecule has 1 unspecified atom stereocenters. The van der Waals surface area contributed by atoms with Crippen molar-refractivity contribution in [2.45, 2.75) is 43.6 Å². The van der Waals surface area contributed by atoms with Crippen LogP contribution in [0.3, 0.4) is 0 Å². The number of amides is 1. The van der Waals surface area contributed by atoms with Crippen molar-refractivity contribution in [3.63, 3.8) is 0 Å². The number of carbonyl (C=O) groups is 1. The van der Waals surface area contributed by atoms with Gasteiger partial charge in [-0.3, -0.25) is 4.79 Å². The molecule has 1 amide bonds. The number of hydrogen-bond donors (Lipinski definition) is 1. The molecule has 6 rings (SSSR count). The lowest BCUT2D eigenvalue weighted by Gasteiger charge is -2.33. The first-order valence-electron chi connectivity index (χ1n) is 10.6. The fourth-order valence-electron chi connectivity index (χ4n) is 4.59. The standard InChI is InChI=1S/C21H17F4N7O2/c22-17(23)14-3-1-2-11-6-13(30-32(11)14)16-15-12(26-9-27-15)4-5-31(16)20(33)19-29-28-18(34-19)10-7-21(24,25)8-10/h1-3,6,9-10,16-17H,4-5,7-8H2,(H,26,27). The van der Waals surface area contributed by atoms with Crippen LogP contribution in [0.5, 0.6) is 0 Å². The zero-order valence-corrected chi connectivity index (χ0v) is 17.5. The average molecular weight is 475 g/mol. The molecular formula is C21H17F4N7O2. The number of halogens is 4. The maximum absolute atomic E-state index is 13.5. The smallest absolute Gasteiger partial charge is 0.312 e. The SMILES string of the molecule is O=C(c1nnc(C2CC(F)(F)C2)o1)N1CCc2[nH]cnc2C1c1cc2cccc(C(F)F)n2n1. The summed E-state index contributed by atoms with van der Waals surface area (Å²) in [6, 6.07) is 5.26. The molecule has 0 saturated heterocycles. The molecule has 0 aromatic carbocycles. The molecule has 34 heavy (non-hydrogen) atoms. The van der Waals surface area contributed by atoms with Crippen molar-refractivity contribution in [1.82, 2.24) is 34.7 Å². The zero-order valence-electron chi connectivity index (χ0n) is 17.5. The van der Waals surface area contributed by atoms with Crippen molar-refractivity contribution in [3.8, 4) is 0 Å². The molecule has 176 valence electrons. The van der Waals surface area contributed by atoms with Crippen molar-refractivity contribution >= 4 is 11.4 Å². The molecule has 1 N–H and O–H groups in total. The highest BCUT2D eigenvalue weighted by atomic mass is 19.3. The Kier molecular flexibility index (Phi) is 4.51. The van der Waals surface area contributed by atoms with Gasteiger partial charge in [-0.05, 0) is 18.2 Å². The van der Waals surface area contributed by atoms with Gasteiger partial charge in [0.15, 0.2) is 0 Å². The average Bonchev–Trinajstić information content (AvgIpc) is 3.54. The molecule has 13 heteroatoms. The molecule has 4 aromatic heterocycles. The molecule has 5 heterocycles. The molecule has 9 nitrogen and oxygen atoms in total. The number of hydrogen-bond acceptors (Lipinski definition) is 6. The lowest BCUT2D eigenvalue weighted by atomic mass is 9.81. The van der Waals surface area contributed by atoms with E-state index < -0.39 is 43.1 Å². The third-order valence-corrected chi connectivity index (χ3v) is 6.29. The van der Waals surface area contributed by atoms with Gasteiger partial charge in [-0.25, -0.2) is 27.1 Å². The van der Waals surface area contributed by atoms with Gasteiger partial charge in [0.25, 0.3) is 6.43 Å². The first-order valence-corrected chi connectivity index (χ1v) is 10.6. The van der Waals surface area contributed by atoms with E-state index in [0.29, 0.717) is 23.3 Å². The molecule has 1 aliphatic carbocycles. The number of carbonyl (C=O) groups excluding carboxylic acids is 1. The maximum Gasteiger partial charge on any atom is 0.312 e. The van der Waals surface area contributed by atoms with Gasteiger partial charge in [0.1, 0.15) is 11.7 Å². The summed E-state index contributed by atoms with van der Waals surface area (Å²) in [5, 5.41) is 12.0. The fourth-order valence-corrected chi connectivity index (χ4v) is 4.59. The Morgan fingerprint density at radius 1 is 1.24 bits per heavy atom. The van der Waals surface area contributed by atoms with Gasteiger partial charge in [-0.15, -0.1) is 10.2 Å². The summed E-state index contributed by atoms with van der Waals surface area (Å²) in [6.07, 6.45) is -1.59. The Labute approximate surface area is 188 Å². The third-order valence-electron chi connectivity index (χ3n) is 6.29. The van der Waals surface area contributed by atoms with E-state index >= 15 is 0 Å². The van der Waals surface area contributed by atoms with Crippen molar-refractivity contribution in [2.75, 3.05) is 6.54 Å². The number of aromatic amines is 1. The number of rotatable bonds is 4. The predicted octanol–water partition coefficient (Wildman–Crippen LogP) is 3.68. The number of nitrogens with zero attached hydrogens (tertiary/aromatic N) is 6. The zero-order chi connectivity index (χ0) is 23.6. The lowest BCUT2D eigenvalue weighted by molar-refractivity contribution is -0.0919. The van der Waals surface area contributed by atoms with E-state index in [0.717, 1.165) is 10.2 Å². The van der Waals surface area contributed by atoms with E-state index in [-0.39, 0.29) is 24.0 Å². The summed E-state index contributed by atoms with van der Waals surface area (Å²) < 4.78 is 60.0. The first kappa shape index (κ1) is 20.8. The van der Waals surface area contributed by atoms with Crippen LogP contribution >= 0.6 is 0 Å². The molecule has 0 spiro atoms. The molecule has 2 aliphatic rings. The van der Waals surface area contributed by atoms with Gasteiger partial charge >= 0.3 is 11.8 Å². The van der Waals surface area contributed by atoms with Crippen LogP contribution < -0.4 is 0 Å². The monoisotopic (exact) mass is 475 g/mol. The minimum absolute atomic E-state index is 0.00222. The molecular weight excluding hydrogens is 458 g/mol. The fraction of sp³-hybridized carbons (Fsp3) is 0.381. The molecule has 1 fully saturated rings. The molecule has 0 bridgehead atoms. The quantitative estimate of drug-likeness (QED) is 0.452. The highest BCUT2D eigenvalue weighted by Gasteiger charge is 2.49. The topological polar surface area (TPSA) is 105 Å². The second-order valence-corrected chi connectivity index (χ2v) is 8.48. The van der Waals surface area contributed by atoms with Crippen LogP contribution in [0.25, 0.3) is 5.52 Å². The minimum atomic E-state index is -2.77. The highest BCUT2D eigenvalue weighted by Crippen LogP contribution is 2.47. The van der Waals surface area contributed by atoms with Crippen LogP contribution in [0.2, 0.25) is 0 Å². The third kappa shape index (κ3) is 3.25. The van der Waals surface area contributed by atoms with E-state index in [1.165, 1.54) is 23.4 Å². The predicted molar refractivity (Wildman–Crippen MR) is 107 cm³/mol. The number of nitrogens with one attached hydrogen (secondary N) is 1. The lowest BCUT2D eigenvalue weighted by Crippen LogP contribution is -2.41. The van der Waals surface area contributed by atoms with E-state index in [1.807, 2.05) is 0 Å². The summed E-state index contributed by atoms with van der Waals surface area (Å²) in [6.45, 7) is 0.244. The van der Waals surface area contributed by atoms with Crippen molar-refractivity contribution < 1.29 is 26.8 Å². The van der Waals surface area contributed by atoms with Crippen LogP contribution in [0.15, 0.2) is 35.0 Å². The van der Waals surface area contributed by atoms with E-state index in [4.69, 9.17) is 4.42 Å². The van der Waals surface area contributed by atoms with E-state index in [1.54, 1.807) is 12.1 Å². The molecule has 1 saturated carbocycles. The summed E-state index contributed by atoms with van der Waals surface area (Å²) >= 11 is 0. The second kappa shape index (κ2) is 7.37. The van der Waals surface area contributed by atoms with Crippen molar-refractivity contribution in [1.29, 1.82) is 0 Å². The summed E-state index contributed by atoms with van der Waals surface area (Å²) in [4.78, 5) is 22.2. The van der Waals surface area contributed by atoms with Crippen LogP contribution in [0, 0.1) is 0 Å². The van der Waals surface area contributed by atoms with Gasteiger partial charge in [0.2, 0.25) is 11.8 Å².